The predicted molar refractivity (Wildman–Crippen MR) is 34.9 cm³/mol. The molecule has 1 amide bonds. The third-order valence-electron chi connectivity index (χ3n) is 1.27. The Kier molecular flexibility index (Phi) is 3.46. The zero-order chi connectivity index (χ0) is 8.15. The number of esters is 1. The molecule has 0 rings (SSSR count). The number of likely N-dealkylation sites (N-methyl/N-ethyl adjacent to an activating group) is 1. The zero-order valence-electron chi connectivity index (χ0n) is 6.25. The first kappa shape index (κ1) is 8.94. The molecule has 0 aliphatic heterocycles. The molecule has 0 aliphatic rings. The fourth-order valence-corrected chi connectivity index (χ4v) is 0.408. The Morgan fingerprint density at radius 3 is 2.50 bits per heavy atom. The Morgan fingerprint density at radius 2 is 2.20 bits per heavy atom. The first-order valence-corrected chi connectivity index (χ1v) is 2.82. The van der Waals surface area contributed by atoms with Gasteiger partial charge in [0.15, 0.2) is 0 Å². The largest absolute Gasteiger partial charge is 0.467 e. The van der Waals surface area contributed by atoms with Crippen molar-refractivity contribution >= 4 is 12.4 Å². The lowest BCUT2D eigenvalue weighted by atomic mass is 10.3. The van der Waals surface area contributed by atoms with Crippen LogP contribution >= 0.6 is 0 Å². The minimum absolute atomic E-state index is 0.439. The quantitative estimate of drug-likeness (QED) is 0.398. The SMILES string of the molecule is COC(=O)C(C)N(C)[C]=O. The highest BCUT2D eigenvalue weighted by atomic mass is 16.5. The van der Waals surface area contributed by atoms with E-state index in [2.05, 4.69) is 4.74 Å². The summed E-state index contributed by atoms with van der Waals surface area (Å²) in [6, 6.07) is -0.553. The monoisotopic (exact) mass is 144 g/mol. The predicted octanol–water partition coefficient (Wildman–Crippen LogP) is -0.453. The zero-order valence-corrected chi connectivity index (χ0v) is 6.25. The number of carbonyl (C=O) groups is 1. The Labute approximate surface area is 59.8 Å². The fourth-order valence-electron chi connectivity index (χ4n) is 0.408. The molecule has 57 valence electrons. The van der Waals surface area contributed by atoms with Crippen molar-refractivity contribution in [1.29, 1.82) is 0 Å². The van der Waals surface area contributed by atoms with Gasteiger partial charge in [0.1, 0.15) is 6.04 Å². The molecule has 1 unspecified atom stereocenters. The summed E-state index contributed by atoms with van der Waals surface area (Å²) < 4.78 is 4.38. The van der Waals surface area contributed by atoms with Gasteiger partial charge in [0, 0.05) is 7.05 Å². The summed E-state index contributed by atoms with van der Waals surface area (Å²) in [4.78, 5) is 21.7. The highest BCUT2D eigenvalue weighted by Gasteiger charge is 2.16. The molecule has 0 aromatic rings. The van der Waals surface area contributed by atoms with Crippen LogP contribution in [0, 0.1) is 0 Å². The van der Waals surface area contributed by atoms with E-state index in [0.717, 1.165) is 4.90 Å². The molecule has 0 saturated carbocycles. The van der Waals surface area contributed by atoms with Crippen molar-refractivity contribution in [2.24, 2.45) is 0 Å². The second-order valence-corrected chi connectivity index (χ2v) is 1.90. The molecule has 10 heavy (non-hydrogen) atoms. The van der Waals surface area contributed by atoms with Crippen LogP contribution in [0.15, 0.2) is 0 Å². The molecule has 1 radical (unpaired) electrons. The second-order valence-electron chi connectivity index (χ2n) is 1.90. The van der Waals surface area contributed by atoms with Crippen LogP contribution in [0.3, 0.4) is 0 Å². The fraction of sp³-hybridized carbons (Fsp3) is 0.667. The normalized spacial score (nSPS) is 11.9. The highest BCUT2D eigenvalue weighted by Crippen LogP contribution is 1.93. The molecule has 4 nitrogen and oxygen atoms in total. The highest BCUT2D eigenvalue weighted by molar-refractivity contribution is 5.77. The van der Waals surface area contributed by atoms with Crippen molar-refractivity contribution < 1.29 is 14.3 Å². The van der Waals surface area contributed by atoms with E-state index in [1.807, 2.05) is 0 Å². The van der Waals surface area contributed by atoms with Crippen LogP contribution in [-0.4, -0.2) is 37.5 Å². The summed E-state index contributed by atoms with van der Waals surface area (Å²) in [5.41, 5.74) is 0. The van der Waals surface area contributed by atoms with Crippen LogP contribution in [0.5, 0.6) is 0 Å². The van der Waals surface area contributed by atoms with Crippen molar-refractivity contribution in [3.8, 4) is 0 Å². The van der Waals surface area contributed by atoms with E-state index in [1.165, 1.54) is 14.2 Å². The molecule has 0 heterocycles. The summed E-state index contributed by atoms with van der Waals surface area (Å²) >= 11 is 0. The lowest BCUT2D eigenvalue weighted by molar-refractivity contribution is -0.144. The molecule has 0 aromatic heterocycles. The Balaban J connectivity index is 3.93. The maximum atomic E-state index is 10.7. The smallest absolute Gasteiger partial charge is 0.328 e. The second kappa shape index (κ2) is 3.87. The number of nitrogens with zero attached hydrogens (tertiary/aromatic N) is 1. The molecule has 0 aliphatic carbocycles. The maximum Gasteiger partial charge on any atom is 0.328 e. The van der Waals surface area contributed by atoms with Gasteiger partial charge in [-0.15, -0.1) is 0 Å². The van der Waals surface area contributed by atoms with Gasteiger partial charge in [-0.25, -0.2) is 4.79 Å². The van der Waals surface area contributed by atoms with Gasteiger partial charge >= 0.3 is 12.4 Å². The first-order chi connectivity index (χ1) is 4.63. The minimum atomic E-state index is -0.553. The molecule has 0 spiro atoms. The average Bonchev–Trinajstić information content (AvgIpc) is 2.00. The van der Waals surface area contributed by atoms with Crippen molar-refractivity contribution in [3.63, 3.8) is 0 Å². The van der Waals surface area contributed by atoms with Crippen LogP contribution < -0.4 is 0 Å². The van der Waals surface area contributed by atoms with E-state index >= 15 is 0 Å². The van der Waals surface area contributed by atoms with Gasteiger partial charge in [-0.05, 0) is 6.92 Å². The number of rotatable bonds is 3. The molecule has 0 bridgehead atoms. The Hall–Kier alpha value is -1.06. The van der Waals surface area contributed by atoms with E-state index in [1.54, 1.807) is 13.3 Å². The average molecular weight is 144 g/mol. The van der Waals surface area contributed by atoms with Crippen LogP contribution in [0.1, 0.15) is 6.92 Å². The standard InChI is InChI=1S/C6H10NO3/c1-5(6(9)10-3)7(2)4-8/h5H,1-3H3. The van der Waals surface area contributed by atoms with Gasteiger partial charge in [0.25, 0.3) is 0 Å². The summed E-state index contributed by atoms with van der Waals surface area (Å²) in [5, 5.41) is 0. The number of amides is 1. The first-order valence-electron chi connectivity index (χ1n) is 2.82. The van der Waals surface area contributed by atoms with E-state index in [0.29, 0.717) is 0 Å². The van der Waals surface area contributed by atoms with Crippen molar-refractivity contribution in [2.45, 2.75) is 13.0 Å². The van der Waals surface area contributed by atoms with E-state index in [4.69, 9.17) is 0 Å². The maximum absolute atomic E-state index is 10.7. The Bertz CT molecular complexity index is 135. The van der Waals surface area contributed by atoms with Gasteiger partial charge in [0.2, 0.25) is 0 Å². The van der Waals surface area contributed by atoms with Gasteiger partial charge in [-0.1, -0.05) is 0 Å². The lowest BCUT2D eigenvalue weighted by Crippen LogP contribution is -2.35. The van der Waals surface area contributed by atoms with Gasteiger partial charge in [-0.2, -0.15) is 0 Å². The molecule has 0 saturated heterocycles. The van der Waals surface area contributed by atoms with Gasteiger partial charge in [-0.3, -0.25) is 4.79 Å². The number of methoxy groups -OCH3 is 1. The van der Waals surface area contributed by atoms with Crippen LogP contribution in [0.4, 0.5) is 0 Å². The molecule has 0 N–H and O–H groups in total. The topological polar surface area (TPSA) is 46.6 Å². The van der Waals surface area contributed by atoms with Crippen LogP contribution in [0.25, 0.3) is 0 Å². The lowest BCUT2D eigenvalue weighted by Gasteiger charge is -2.15. The summed E-state index contributed by atoms with van der Waals surface area (Å²) in [7, 11) is 2.74. The third kappa shape index (κ3) is 2.05. The molecule has 4 heteroatoms. The molecular weight excluding hydrogens is 134 g/mol. The molecule has 0 aromatic carbocycles. The minimum Gasteiger partial charge on any atom is -0.467 e. The number of carbonyl (C=O) groups excluding carboxylic acids is 2. The molecule has 1 atom stereocenters. The summed E-state index contributed by atoms with van der Waals surface area (Å²) in [6.07, 6.45) is 1.56. The third-order valence-corrected chi connectivity index (χ3v) is 1.27. The van der Waals surface area contributed by atoms with Crippen molar-refractivity contribution in [1.82, 2.24) is 4.90 Å². The van der Waals surface area contributed by atoms with Crippen molar-refractivity contribution in [2.75, 3.05) is 14.2 Å². The summed E-state index contributed by atoms with van der Waals surface area (Å²) in [5.74, 6) is -0.439. The van der Waals surface area contributed by atoms with Gasteiger partial charge in [0.05, 0.1) is 7.11 Å². The number of hydrogen-bond donors (Lipinski definition) is 0. The molecule has 0 fully saturated rings. The number of ether oxygens (including phenoxy) is 1. The molecular formula is C6H10NO3. The van der Waals surface area contributed by atoms with Gasteiger partial charge < -0.3 is 9.64 Å². The van der Waals surface area contributed by atoms with E-state index in [-0.39, 0.29) is 0 Å². The number of hydrogen-bond acceptors (Lipinski definition) is 3. The Morgan fingerprint density at radius 1 is 1.70 bits per heavy atom. The van der Waals surface area contributed by atoms with Crippen molar-refractivity contribution in [3.05, 3.63) is 0 Å². The summed E-state index contributed by atoms with van der Waals surface area (Å²) in [6.45, 7) is 1.57. The van der Waals surface area contributed by atoms with Crippen LogP contribution in [0.2, 0.25) is 0 Å². The van der Waals surface area contributed by atoms with Crippen LogP contribution in [-0.2, 0) is 14.3 Å². The van der Waals surface area contributed by atoms with E-state index < -0.39 is 12.0 Å². The van der Waals surface area contributed by atoms with E-state index in [9.17, 15) is 9.59 Å².